The van der Waals surface area contributed by atoms with Crippen molar-refractivity contribution in [3.05, 3.63) is 48.8 Å². The van der Waals surface area contributed by atoms with Gasteiger partial charge in [0.05, 0.1) is 17.8 Å². The number of ether oxygens (including phenoxy) is 1. The number of nitrogens with one attached hydrogen (secondary N) is 1. The predicted octanol–water partition coefficient (Wildman–Crippen LogP) is 4.44. The Hall–Kier alpha value is -2.60. The van der Waals surface area contributed by atoms with E-state index in [4.69, 9.17) is 4.74 Å². The van der Waals surface area contributed by atoms with Gasteiger partial charge >= 0.3 is 0 Å². The number of likely N-dealkylation sites (tertiary alicyclic amines) is 1. The second-order valence-electron chi connectivity index (χ2n) is 9.94. The molecule has 0 radical (unpaired) electrons. The maximum absolute atomic E-state index is 12.5. The Morgan fingerprint density at radius 3 is 2.50 bits per heavy atom. The number of anilines is 2. The van der Waals surface area contributed by atoms with Crippen LogP contribution in [0.15, 0.2) is 48.8 Å². The SMILES string of the molecule is CCC(C)(C)CN1CCC(Oc2ccc(NC(=O)C3CN(c4cccnc4)C3)cc2)CC1. The number of aromatic nitrogens is 1. The molecule has 6 heteroatoms. The highest BCUT2D eigenvalue weighted by molar-refractivity contribution is 5.94. The van der Waals surface area contributed by atoms with E-state index in [2.05, 4.69) is 40.9 Å². The van der Waals surface area contributed by atoms with E-state index >= 15 is 0 Å². The van der Waals surface area contributed by atoms with E-state index in [-0.39, 0.29) is 17.9 Å². The van der Waals surface area contributed by atoms with Crippen molar-refractivity contribution < 1.29 is 9.53 Å². The molecule has 2 saturated heterocycles. The summed E-state index contributed by atoms with van der Waals surface area (Å²) in [5, 5.41) is 3.04. The summed E-state index contributed by atoms with van der Waals surface area (Å²) in [5.74, 6) is 0.955. The van der Waals surface area contributed by atoms with Crippen molar-refractivity contribution in [2.24, 2.45) is 11.3 Å². The van der Waals surface area contributed by atoms with Gasteiger partial charge in [0.2, 0.25) is 5.91 Å². The van der Waals surface area contributed by atoms with E-state index in [9.17, 15) is 4.79 Å². The van der Waals surface area contributed by atoms with E-state index in [1.165, 1.54) is 6.42 Å². The smallest absolute Gasteiger partial charge is 0.231 e. The average Bonchev–Trinajstić information content (AvgIpc) is 2.76. The third-order valence-corrected chi connectivity index (χ3v) is 6.83. The molecule has 1 aromatic heterocycles. The Morgan fingerprint density at radius 2 is 1.88 bits per heavy atom. The first-order valence-electron chi connectivity index (χ1n) is 11.9. The minimum absolute atomic E-state index is 0.00834. The lowest BCUT2D eigenvalue weighted by molar-refractivity contribution is -0.120. The molecule has 0 saturated carbocycles. The number of hydrogen-bond donors (Lipinski definition) is 1. The molecule has 0 atom stereocenters. The Morgan fingerprint density at radius 1 is 1.16 bits per heavy atom. The van der Waals surface area contributed by atoms with Crippen LogP contribution in [-0.2, 0) is 4.79 Å². The van der Waals surface area contributed by atoms with E-state index < -0.39 is 0 Å². The summed E-state index contributed by atoms with van der Waals surface area (Å²) in [7, 11) is 0. The fourth-order valence-corrected chi connectivity index (χ4v) is 4.35. The van der Waals surface area contributed by atoms with Gasteiger partial charge in [0.1, 0.15) is 11.9 Å². The van der Waals surface area contributed by atoms with Crippen molar-refractivity contribution in [1.29, 1.82) is 0 Å². The number of hydrogen-bond acceptors (Lipinski definition) is 5. The summed E-state index contributed by atoms with van der Waals surface area (Å²) in [6.45, 7) is 11.8. The largest absolute Gasteiger partial charge is 0.490 e. The van der Waals surface area contributed by atoms with Gasteiger partial charge in [0.25, 0.3) is 0 Å². The van der Waals surface area contributed by atoms with Gasteiger partial charge in [-0.2, -0.15) is 0 Å². The van der Waals surface area contributed by atoms with Crippen LogP contribution in [0.25, 0.3) is 0 Å². The Balaban J connectivity index is 1.19. The summed E-state index contributed by atoms with van der Waals surface area (Å²) in [5.41, 5.74) is 2.27. The average molecular weight is 437 g/mol. The van der Waals surface area contributed by atoms with Gasteiger partial charge in [0, 0.05) is 44.6 Å². The number of carbonyl (C=O) groups excluding carboxylic acids is 1. The Bertz CT molecular complexity index is 870. The first-order valence-corrected chi connectivity index (χ1v) is 11.9. The second kappa shape index (κ2) is 9.90. The summed E-state index contributed by atoms with van der Waals surface area (Å²) in [4.78, 5) is 21.4. The molecule has 2 fully saturated rings. The fraction of sp³-hybridized carbons (Fsp3) is 0.538. The highest BCUT2D eigenvalue weighted by atomic mass is 16.5. The van der Waals surface area contributed by atoms with Crippen LogP contribution < -0.4 is 15.0 Å². The number of carbonyl (C=O) groups is 1. The topological polar surface area (TPSA) is 57.7 Å². The maximum Gasteiger partial charge on any atom is 0.231 e. The molecule has 2 aliphatic heterocycles. The minimum Gasteiger partial charge on any atom is -0.490 e. The standard InChI is InChI=1S/C26H36N4O2/c1-4-26(2,3)19-29-14-11-24(12-15-29)32-23-9-7-21(8-10-23)28-25(31)20-17-30(18-20)22-6-5-13-27-16-22/h5-10,13,16,20,24H,4,11-12,14-15,17-19H2,1-3H3,(H,28,31). The zero-order valence-electron chi connectivity index (χ0n) is 19.6. The van der Waals surface area contributed by atoms with Gasteiger partial charge in [-0.3, -0.25) is 9.78 Å². The van der Waals surface area contributed by atoms with Gasteiger partial charge in [-0.05, 0) is 61.1 Å². The van der Waals surface area contributed by atoms with E-state index in [1.807, 2.05) is 42.6 Å². The van der Waals surface area contributed by atoms with Crippen molar-refractivity contribution in [1.82, 2.24) is 9.88 Å². The molecule has 4 rings (SSSR count). The van der Waals surface area contributed by atoms with Crippen molar-refractivity contribution >= 4 is 17.3 Å². The zero-order chi connectivity index (χ0) is 22.6. The summed E-state index contributed by atoms with van der Waals surface area (Å²) < 4.78 is 6.21. The van der Waals surface area contributed by atoms with Crippen LogP contribution in [0.2, 0.25) is 0 Å². The van der Waals surface area contributed by atoms with Gasteiger partial charge < -0.3 is 19.9 Å². The van der Waals surface area contributed by atoms with Crippen LogP contribution in [0, 0.1) is 11.3 Å². The number of nitrogens with zero attached hydrogens (tertiary/aromatic N) is 3. The lowest BCUT2D eigenvalue weighted by Gasteiger charge is -2.39. The normalized spacial score (nSPS) is 18.3. The monoisotopic (exact) mass is 436 g/mol. The molecule has 1 N–H and O–H groups in total. The van der Waals surface area contributed by atoms with Crippen LogP contribution in [0.5, 0.6) is 5.75 Å². The van der Waals surface area contributed by atoms with E-state index in [1.54, 1.807) is 6.20 Å². The predicted molar refractivity (Wildman–Crippen MR) is 129 cm³/mol. The number of benzene rings is 1. The lowest BCUT2D eigenvalue weighted by atomic mass is 9.89. The summed E-state index contributed by atoms with van der Waals surface area (Å²) >= 11 is 0. The molecule has 2 aliphatic rings. The molecule has 0 unspecified atom stereocenters. The number of pyridine rings is 1. The first-order chi connectivity index (χ1) is 15.4. The van der Waals surface area contributed by atoms with Crippen molar-refractivity contribution in [3.63, 3.8) is 0 Å². The molecule has 0 aliphatic carbocycles. The Labute approximate surface area is 192 Å². The third-order valence-electron chi connectivity index (χ3n) is 6.83. The van der Waals surface area contributed by atoms with Gasteiger partial charge in [0.15, 0.2) is 0 Å². The fourth-order valence-electron chi connectivity index (χ4n) is 4.35. The van der Waals surface area contributed by atoms with Gasteiger partial charge in [-0.15, -0.1) is 0 Å². The van der Waals surface area contributed by atoms with Gasteiger partial charge in [-0.1, -0.05) is 20.8 Å². The minimum atomic E-state index is 0.00834. The highest BCUT2D eigenvalue weighted by Crippen LogP contribution is 2.27. The van der Waals surface area contributed by atoms with Crippen molar-refractivity contribution in [2.75, 3.05) is 42.9 Å². The number of amides is 1. The van der Waals surface area contributed by atoms with Crippen LogP contribution >= 0.6 is 0 Å². The quantitative estimate of drug-likeness (QED) is 0.663. The molecular formula is C26H36N4O2. The van der Waals surface area contributed by atoms with Crippen LogP contribution in [0.3, 0.4) is 0 Å². The van der Waals surface area contributed by atoms with Crippen LogP contribution in [-0.4, -0.2) is 54.6 Å². The zero-order valence-corrected chi connectivity index (χ0v) is 19.6. The molecule has 3 heterocycles. The molecule has 6 nitrogen and oxygen atoms in total. The van der Waals surface area contributed by atoms with Crippen LogP contribution in [0.4, 0.5) is 11.4 Å². The molecule has 32 heavy (non-hydrogen) atoms. The number of rotatable bonds is 8. The molecular weight excluding hydrogens is 400 g/mol. The van der Waals surface area contributed by atoms with E-state index in [0.29, 0.717) is 5.41 Å². The molecule has 0 spiro atoms. The molecule has 1 aromatic carbocycles. The Kier molecular flexibility index (Phi) is 6.99. The number of piperidine rings is 1. The van der Waals surface area contributed by atoms with E-state index in [0.717, 1.165) is 62.7 Å². The highest BCUT2D eigenvalue weighted by Gasteiger charge is 2.33. The molecule has 172 valence electrons. The van der Waals surface area contributed by atoms with Crippen LogP contribution in [0.1, 0.15) is 40.0 Å². The van der Waals surface area contributed by atoms with Crippen molar-refractivity contribution in [2.45, 2.75) is 46.1 Å². The molecule has 2 aromatic rings. The lowest BCUT2D eigenvalue weighted by Crippen LogP contribution is -2.52. The summed E-state index contributed by atoms with van der Waals surface area (Å²) in [6, 6.07) is 11.7. The van der Waals surface area contributed by atoms with Crippen molar-refractivity contribution in [3.8, 4) is 5.75 Å². The van der Waals surface area contributed by atoms with Gasteiger partial charge in [-0.25, -0.2) is 0 Å². The summed E-state index contributed by atoms with van der Waals surface area (Å²) in [6.07, 6.45) is 7.20. The maximum atomic E-state index is 12.5. The molecule has 0 bridgehead atoms. The molecule has 1 amide bonds. The third kappa shape index (κ3) is 5.80. The second-order valence-corrected chi connectivity index (χ2v) is 9.94. The first kappa shape index (κ1) is 22.6.